The van der Waals surface area contributed by atoms with Gasteiger partial charge in [0.15, 0.2) is 0 Å². The Labute approximate surface area is 97.9 Å². The van der Waals surface area contributed by atoms with E-state index in [4.69, 9.17) is 5.73 Å². The summed E-state index contributed by atoms with van der Waals surface area (Å²) in [6, 6.07) is 2.35. The minimum Gasteiger partial charge on any atom is -0.397 e. The van der Waals surface area contributed by atoms with Crippen molar-refractivity contribution < 1.29 is 17.6 Å². The summed E-state index contributed by atoms with van der Waals surface area (Å²) < 4.78 is 48.8. The predicted molar refractivity (Wildman–Crippen MR) is 57.7 cm³/mol. The number of rotatable bonds is 3. The molecule has 2 nitrogen and oxygen atoms in total. The summed E-state index contributed by atoms with van der Waals surface area (Å²) in [5.41, 5.74) is 5.85. The Balaban J connectivity index is 2.64. The number of nitrogens with one attached hydrogen (secondary N) is 1. The second kappa shape index (κ2) is 4.90. The Morgan fingerprint density at radius 2 is 1.94 bits per heavy atom. The van der Waals surface area contributed by atoms with Crippen molar-refractivity contribution in [3.05, 3.63) is 22.4 Å². The fraction of sp³-hybridized carbons (Fsp3) is 0.333. The number of anilines is 2. The van der Waals surface area contributed by atoms with Crippen molar-refractivity contribution in [3.8, 4) is 0 Å². The van der Waals surface area contributed by atoms with Gasteiger partial charge in [-0.1, -0.05) is 0 Å². The lowest BCUT2D eigenvalue weighted by molar-refractivity contribution is -0.131. The molecule has 0 aliphatic heterocycles. The van der Waals surface area contributed by atoms with Crippen LogP contribution in [0.25, 0.3) is 0 Å². The van der Waals surface area contributed by atoms with Crippen LogP contribution in [0.2, 0.25) is 0 Å². The van der Waals surface area contributed by atoms with E-state index >= 15 is 0 Å². The molecule has 0 aromatic heterocycles. The molecule has 0 unspecified atom stereocenters. The zero-order chi connectivity index (χ0) is 12.3. The molecule has 0 atom stereocenters. The van der Waals surface area contributed by atoms with Crippen LogP contribution in [0.4, 0.5) is 28.9 Å². The monoisotopic (exact) mass is 300 g/mol. The molecule has 3 N–H and O–H groups in total. The zero-order valence-electron chi connectivity index (χ0n) is 8.04. The Kier molecular flexibility index (Phi) is 4.01. The maximum atomic E-state index is 13.1. The highest BCUT2D eigenvalue weighted by Crippen LogP contribution is 2.27. The van der Waals surface area contributed by atoms with Crippen LogP contribution in [0.3, 0.4) is 0 Å². The van der Waals surface area contributed by atoms with Crippen LogP contribution in [0.5, 0.6) is 0 Å². The molecule has 0 heterocycles. The smallest absolute Gasteiger partial charge is 0.390 e. The molecular formula is C9H9BrF4N2. The van der Waals surface area contributed by atoms with Crippen LogP contribution in [-0.2, 0) is 0 Å². The topological polar surface area (TPSA) is 38.0 Å². The van der Waals surface area contributed by atoms with Crippen LogP contribution in [0, 0.1) is 5.82 Å². The highest BCUT2D eigenvalue weighted by Gasteiger charge is 2.26. The Hall–Kier alpha value is -0.980. The van der Waals surface area contributed by atoms with Crippen LogP contribution in [0.15, 0.2) is 16.6 Å². The molecule has 0 aliphatic rings. The van der Waals surface area contributed by atoms with Gasteiger partial charge < -0.3 is 11.1 Å². The zero-order valence-corrected chi connectivity index (χ0v) is 9.62. The molecular weight excluding hydrogens is 292 g/mol. The molecule has 16 heavy (non-hydrogen) atoms. The van der Waals surface area contributed by atoms with E-state index in [1.165, 1.54) is 6.07 Å². The molecule has 0 radical (unpaired) electrons. The van der Waals surface area contributed by atoms with Gasteiger partial charge in [-0.15, -0.1) is 0 Å². The van der Waals surface area contributed by atoms with E-state index in [0.717, 1.165) is 6.07 Å². The number of hydrogen-bond acceptors (Lipinski definition) is 2. The molecule has 90 valence electrons. The van der Waals surface area contributed by atoms with Crippen LogP contribution >= 0.6 is 15.9 Å². The fourth-order valence-corrected chi connectivity index (χ4v) is 1.42. The van der Waals surface area contributed by atoms with Crippen molar-refractivity contribution in [3.63, 3.8) is 0 Å². The lowest BCUT2D eigenvalue weighted by atomic mass is 10.2. The van der Waals surface area contributed by atoms with Crippen molar-refractivity contribution in [2.45, 2.75) is 12.6 Å². The summed E-state index contributed by atoms with van der Waals surface area (Å²) >= 11 is 2.92. The summed E-state index contributed by atoms with van der Waals surface area (Å²) in [6.07, 6.45) is -5.24. The molecule has 0 amide bonds. The van der Waals surface area contributed by atoms with E-state index < -0.39 is 18.4 Å². The van der Waals surface area contributed by atoms with Gasteiger partial charge in [-0.2, -0.15) is 13.2 Å². The minimum atomic E-state index is -4.24. The van der Waals surface area contributed by atoms with Gasteiger partial charge in [0, 0.05) is 12.6 Å². The molecule has 0 fully saturated rings. The maximum Gasteiger partial charge on any atom is 0.390 e. The molecule has 1 rings (SSSR count). The average molecular weight is 301 g/mol. The van der Waals surface area contributed by atoms with E-state index in [-0.39, 0.29) is 22.4 Å². The largest absolute Gasteiger partial charge is 0.397 e. The summed E-state index contributed by atoms with van der Waals surface area (Å²) in [6.45, 7) is -0.339. The van der Waals surface area contributed by atoms with E-state index in [0.29, 0.717) is 0 Å². The van der Waals surface area contributed by atoms with Gasteiger partial charge >= 0.3 is 6.18 Å². The second-order valence-corrected chi connectivity index (χ2v) is 4.00. The highest BCUT2D eigenvalue weighted by molar-refractivity contribution is 9.10. The predicted octanol–water partition coefficient (Wildman–Crippen LogP) is 3.53. The summed E-state index contributed by atoms with van der Waals surface area (Å²) in [5.74, 6) is -0.580. The minimum absolute atomic E-state index is 0.157. The molecule has 1 aromatic carbocycles. The molecule has 0 saturated heterocycles. The Morgan fingerprint density at radius 3 is 2.50 bits per heavy atom. The van der Waals surface area contributed by atoms with Crippen molar-refractivity contribution in [2.24, 2.45) is 0 Å². The fourth-order valence-electron chi connectivity index (χ4n) is 1.05. The summed E-state index contributed by atoms with van der Waals surface area (Å²) in [5, 5.41) is 2.43. The molecule has 7 heteroatoms. The number of nitrogen functional groups attached to an aromatic ring is 1. The SMILES string of the molecule is Nc1cc(Br)c(F)cc1NCCC(F)(F)F. The molecule has 0 bridgehead atoms. The lowest BCUT2D eigenvalue weighted by Crippen LogP contribution is -2.15. The van der Waals surface area contributed by atoms with E-state index in [1.807, 2.05) is 0 Å². The van der Waals surface area contributed by atoms with E-state index in [1.54, 1.807) is 0 Å². The number of benzene rings is 1. The van der Waals surface area contributed by atoms with Gasteiger partial charge in [0.2, 0.25) is 0 Å². The number of halogens is 5. The van der Waals surface area contributed by atoms with Gasteiger partial charge in [0.05, 0.1) is 22.3 Å². The first kappa shape index (κ1) is 13.1. The van der Waals surface area contributed by atoms with Gasteiger partial charge in [0.25, 0.3) is 0 Å². The third kappa shape index (κ3) is 3.88. The van der Waals surface area contributed by atoms with Gasteiger partial charge in [-0.3, -0.25) is 0 Å². The lowest BCUT2D eigenvalue weighted by Gasteiger charge is -2.11. The van der Waals surface area contributed by atoms with Gasteiger partial charge in [0.1, 0.15) is 5.82 Å². The Morgan fingerprint density at radius 1 is 1.31 bits per heavy atom. The third-order valence-corrected chi connectivity index (χ3v) is 2.42. The van der Waals surface area contributed by atoms with E-state index in [9.17, 15) is 17.6 Å². The maximum absolute atomic E-state index is 13.1. The third-order valence-electron chi connectivity index (χ3n) is 1.82. The molecule has 0 saturated carbocycles. The molecule has 0 spiro atoms. The van der Waals surface area contributed by atoms with Crippen molar-refractivity contribution in [1.82, 2.24) is 0 Å². The van der Waals surface area contributed by atoms with Gasteiger partial charge in [-0.05, 0) is 22.0 Å². The highest BCUT2D eigenvalue weighted by atomic mass is 79.9. The van der Waals surface area contributed by atoms with Crippen molar-refractivity contribution in [1.29, 1.82) is 0 Å². The molecule has 0 aliphatic carbocycles. The summed E-state index contributed by atoms with van der Waals surface area (Å²) in [7, 11) is 0. The summed E-state index contributed by atoms with van der Waals surface area (Å²) in [4.78, 5) is 0. The quantitative estimate of drug-likeness (QED) is 0.662. The van der Waals surface area contributed by atoms with E-state index in [2.05, 4.69) is 21.2 Å². The van der Waals surface area contributed by atoms with Crippen molar-refractivity contribution in [2.75, 3.05) is 17.6 Å². The van der Waals surface area contributed by atoms with Crippen LogP contribution < -0.4 is 11.1 Å². The first-order valence-electron chi connectivity index (χ1n) is 4.35. The average Bonchev–Trinajstić information content (AvgIpc) is 2.11. The number of nitrogens with two attached hydrogens (primary N) is 1. The standard InChI is InChI=1S/C9H9BrF4N2/c10-5-3-7(15)8(4-6(5)11)16-2-1-9(12,13)14/h3-4,16H,1-2,15H2. The van der Waals surface area contributed by atoms with Crippen molar-refractivity contribution >= 4 is 27.3 Å². The molecule has 1 aromatic rings. The van der Waals surface area contributed by atoms with Crippen LogP contribution in [-0.4, -0.2) is 12.7 Å². The Bertz CT molecular complexity index is 379. The normalized spacial score (nSPS) is 11.6. The number of hydrogen-bond donors (Lipinski definition) is 2. The van der Waals surface area contributed by atoms with Gasteiger partial charge in [-0.25, -0.2) is 4.39 Å². The second-order valence-electron chi connectivity index (χ2n) is 3.15. The van der Waals surface area contributed by atoms with Crippen LogP contribution in [0.1, 0.15) is 6.42 Å². The number of alkyl halides is 3. The first-order chi connectivity index (χ1) is 7.29. The first-order valence-corrected chi connectivity index (χ1v) is 5.14.